The first-order valence-corrected chi connectivity index (χ1v) is 7.34. The first-order valence-electron chi connectivity index (χ1n) is 7.34. The Kier molecular flexibility index (Phi) is 8.01. The molecule has 1 rings (SSSR count). The number of piperidine rings is 1. The van der Waals surface area contributed by atoms with Crippen LogP contribution in [0.15, 0.2) is 0 Å². The van der Waals surface area contributed by atoms with Crippen molar-refractivity contribution in [3.63, 3.8) is 0 Å². The van der Waals surface area contributed by atoms with Crippen LogP contribution in [0.1, 0.15) is 46.0 Å². The van der Waals surface area contributed by atoms with Gasteiger partial charge in [-0.2, -0.15) is 0 Å². The van der Waals surface area contributed by atoms with Gasteiger partial charge in [-0.25, -0.2) is 0 Å². The molecule has 4 nitrogen and oxygen atoms in total. The van der Waals surface area contributed by atoms with Crippen LogP contribution in [0, 0.1) is 5.92 Å². The van der Waals surface area contributed by atoms with E-state index >= 15 is 0 Å². The molecule has 1 heterocycles. The molecule has 2 N–H and O–H groups in total. The average molecular weight is 256 g/mol. The second kappa shape index (κ2) is 9.34. The second-order valence-electron chi connectivity index (χ2n) is 5.16. The third-order valence-electron chi connectivity index (χ3n) is 3.46. The Morgan fingerprint density at radius 1 is 1.39 bits per heavy atom. The zero-order chi connectivity index (χ0) is 13.2. The van der Waals surface area contributed by atoms with E-state index in [1.54, 1.807) is 0 Å². The van der Waals surface area contributed by atoms with E-state index in [-0.39, 0.29) is 11.9 Å². The molecule has 2 atom stereocenters. The molecule has 0 bridgehead atoms. The Bertz CT molecular complexity index is 234. The highest BCUT2D eigenvalue weighted by molar-refractivity contribution is 5.82. The first kappa shape index (κ1) is 15.4. The van der Waals surface area contributed by atoms with E-state index in [1.807, 2.05) is 0 Å². The predicted molar refractivity (Wildman–Crippen MR) is 73.5 cm³/mol. The number of amides is 1. The van der Waals surface area contributed by atoms with Crippen molar-refractivity contribution in [1.29, 1.82) is 0 Å². The minimum Gasteiger partial charge on any atom is -0.381 e. The van der Waals surface area contributed by atoms with E-state index in [0.717, 1.165) is 45.6 Å². The van der Waals surface area contributed by atoms with E-state index in [1.165, 1.54) is 12.8 Å². The number of hydrogen-bond donors (Lipinski definition) is 2. The molecule has 1 aliphatic rings. The summed E-state index contributed by atoms with van der Waals surface area (Å²) in [7, 11) is 0. The van der Waals surface area contributed by atoms with Gasteiger partial charge in [-0.15, -0.1) is 0 Å². The molecule has 1 saturated heterocycles. The molecule has 0 saturated carbocycles. The molecule has 1 amide bonds. The van der Waals surface area contributed by atoms with Gasteiger partial charge in [0.05, 0.1) is 6.04 Å². The standard InChI is InChI=1S/C14H28N2O2/c1-3-4-10-18-11-6-9-16-14(17)13-12(2)7-5-8-15-13/h12-13,15H,3-11H2,1-2H3,(H,16,17). The van der Waals surface area contributed by atoms with Crippen molar-refractivity contribution in [2.45, 2.75) is 52.0 Å². The monoisotopic (exact) mass is 256 g/mol. The Morgan fingerprint density at radius 3 is 2.89 bits per heavy atom. The zero-order valence-electron chi connectivity index (χ0n) is 11.8. The molecule has 106 valence electrons. The molecule has 0 spiro atoms. The summed E-state index contributed by atoms with van der Waals surface area (Å²) in [6, 6.07) is -0.000222. The Morgan fingerprint density at radius 2 is 2.17 bits per heavy atom. The first-order chi connectivity index (χ1) is 8.75. The molecule has 0 radical (unpaired) electrons. The molecule has 0 aromatic rings. The topological polar surface area (TPSA) is 50.4 Å². The van der Waals surface area contributed by atoms with E-state index in [2.05, 4.69) is 24.5 Å². The third-order valence-corrected chi connectivity index (χ3v) is 3.46. The van der Waals surface area contributed by atoms with Crippen molar-refractivity contribution in [2.24, 2.45) is 5.92 Å². The maximum absolute atomic E-state index is 11.9. The lowest BCUT2D eigenvalue weighted by atomic mass is 9.92. The highest BCUT2D eigenvalue weighted by Crippen LogP contribution is 2.15. The van der Waals surface area contributed by atoms with E-state index < -0.39 is 0 Å². The molecule has 0 aliphatic carbocycles. The molecular formula is C14H28N2O2. The lowest BCUT2D eigenvalue weighted by Crippen LogP contribution is -2.51. The maximum atomic E-state index is 11.9. The number of carbonyl (C=O) groups excluding carboxylic acids is 1. The van der Waals surface area contributed by atoms with Crippen LogP contribution in [0.3, 0.4) is 0 Å². The molecule has 1 fully saturated rings. The minimum atomic E-state index is -0.000222. The van der Waals surface area contributed by atoms with Crippen molar-refractivity contribution >= 4 is 5.91 Å². The number of carbonyl (C=O) groups is 1. The summed E-state index contributed by atoms with van der Waals surface area (Å²) in [5.41, 5.74) is 0. The largest absolute Gasteiger partial charge is 0.381 e. The van der Waals surface area contributed by atoms with Crippen LogP contribution in [-0.4, -0.2) is 38.3 Å². The molecule has 4 heteroatoms. The summed E-state index contributed by atoms with van der Waals surface area (Å²) >= 11 is 0. The lowest BCUT2D eigenvalue weighted by molar-refractivity contribution is -0.124. The predicted octanol–water partition coefficient (Wildman–Crippen LogP) is 1.70. The zero-order valence-corrected chi connectivity index (χ0v) is 11.8. The van der Waals surface area contributed by atoms with Crippen molar-refractivity contribution in [2.75, 3.05) is 26.3 Å². The number of hydrogen-bond acceptors (Lipinski definition) is 3. The summed E-state index contributed by atoms with van der Waals surface area (Å²) in [6.45, 7) is 7.56. The summed E-state index contributed by atoms with van der Waals surface area (Å²) in [5, 5.41) is 6.29. The van der Waals surface area contributed by atoms with Gasteiger partial charge < -0.3 is 15.4 Å². The number of nitrogens with one attached hydrogen (secondary N) is 2. The average Bonchev–Trinajstić information content (AvgIpc) is 2.38. The lowest BCUT2D eigenvalue weighted by Gasteiger charge is -2.28. The van der Waals surface area contributed by atoms with Gasteiger partial charge in [0.2, 0.25) is 5.91 Å². The van der Waals surface area contributed by atoms with Crippen LogP contribution in [0.4, 0.5) is 0 Å². The van der Waals surface area contributed by atoms with Crippen LogP contribution in [0.5, 0.6) is 0 Å². The number of unbranched alkanes of at least 4 members (excludes halogenated alkanes) is 1. The minimum absolute atomic E-state index is 0.000222. The Balaban J connectivity index is 2.02. The molecule has 2 unspecified atom stereocenters. The quantitative estimate of drug-likeness (QED) is 0.650. The van der Waals surface area contributed by atoms with Crippen LogP contribution in [0.25, 0.3) is 0 Å². The summed E-state index contributed by atoms with van der Waals surface area (Å²) < 4.78 is 5.46. The van der Waals surface area contributed by atoms with Gasteiger partial charge in [0, 0.05) is 19.8 Å². The molecule has 0 aromatic heterocycles. The van der Waals surface area contributed by atoms with Gasteiger partial charge in [0.1, 0.15) is 0 Å². The highest BCUT2D eigenvalue weighted by atomic mass is 16.5. The van der Waals surface area contributed by atoms with Crippen molar-refractivity contribution in [1.82, 2.24) is 10.6 Å². The van der Waals surface area contributed by atoms with Crippen LogP contribution >= 0.6 is 0 Å². The van der Waals surface area contributed by atoms with Gasteiger partial charge in [-0.1, -0.05) is 20.3 Å². The van der Waals surface area contributed by atoms with Crippen molar-refractivity contribution in [3.05, 3.63) is 0 Å². The van der Waals surface area contributed by atoms with E-state index in [4.69, 9.17) is 4.74 Å². The molecular weight excluding hydrogens is 228 g/mol. The van der Waals surface area contributed by atoms with Crippen LogP contribution in [-0.2, 0) is 9.53 Å². The maximum Gasteiger partial charge on any atom is 0.237 e. The van der Waals surface area contributed by atoms with Gasteiger partial charge >= 0.3 is 0 Å². The highest BCUT2D eigenvalue weighted by Gasteiger charge is 2.26. The van der Waals surface area contributed by atoms with Crippen molar-refractivity contribution in [3.8, 4) is 0 Å². The second-order valence-corrected chi connectivity index (χ2v) is 5.16. The van der Waals surface area contributed by atoms with Gasteiger partial charge in [-0.3, -0.25) is 4.79 Å². The fourth-order valence-corrected chi connectivity index (χ4v) is 2.24. The van der Waals surface area contributed by atoms with Crippen LogP contribution in [0.2, 0.25) is 0 Å². The number of ether oxygens (including phenoxy) is 1. The fraction of sp³-hybridized carbons (Fsp3) is 0.929. The summed E-state index contributed by atoms with van der Waals surface area (Å²) in [5.74, 6) is 0.593. The molecule has 18 heavy (non-hydrogen) atoms. The van der Waals surface area contributed by atoms with E-state index in [9.17, 15) is 4.79 Å². The normalized spacial score (nSPS) is 23.9. The van der Waals surface area contributed by atoms with Crippen LogP contribution < -0.4 is 10.6 Å². The molecule has 1 aliphatic heterocycles. The SMILES string of the molecule is CCCCOCCCNC(=O)C1NCCCC1C. The smallest absolute Gasteiger partial charge is 0.237 e. The summed E-state index contributed by atoms with van der Waals surface area (Å²) in [4.78, 5) is 11.9. The van der Waals surface area contributed by atoms with Gasteiger partial charge in [-0.05, 0) is 38.1 Å². The van der Waals surface area contributed by atoms with E-state index in [0.29, 0.717) is 5.92 Å². The fourth-order valence-electron chi connectivity index (χ4n) is 2.24. The number of rotatable bonds is 8. The van der Waals surface area contributed by atoms with Gasteiger partial charge in [0.25, 0.3) is 0 Å². The third kappa shape index (κ3) is 5.83. The summed E-state index contributed by atoms with van der Waals surface area (Å²) in [6.07, 6.45) is 5.51. The van der Waals surface area contributed by atoms with Crippen molar-refractivity contribution < 1.29 is 9.53 Å². The Hall–Kier alpha value is -0.610. The molecule has 0 aromatic carbocycles. The van der Waals surface area contributed by atoms with Gasteiger partial charge in [0.15, 0.2) is 0 Å². The Labute approximate surface area is 111 Å².